The first-order valence-corrected chi connectivity index (χ1v) is 10.5. The Labute approximate surface area is 173 Å². The van der Waals surface area contributed by atoms with Crippen molar-refractivity contribution in [2.45, 2.75) is 13.0 Å². The van der Waals surface area contributed by atoms with Crippen LogP contribution in [0.2, 0.25) is 5.02 Å². The number of halogens is 1. The molecule has 1 aromatic carbocycles. The lowest BCUT2D eigenvalue weighted by atomic mass is 10.0. The summed E-state index contributed by atoms with van der Waals surface area (Å²) in [5.74, 6) is -0.480. The number of fused-ring (bicyclic) bond motifs is 1. The number of esters is 1. The molecule has 0 fully saturated rings. The van der Waals surface area contributed by atoms with Gasteiger partial charge < -0.3 is 4.74 Å². The summed E-state index contributed by atoms with van der Waals surface area (Å²) in [4.78, 5) is 31.7. The molecule has 1 aliphatic rings. The Morgan fingerprint density at radius 2 is 2.04 bits per heavy atom. The summed E-state index contributed by atoms with van der Waals surface area (Å²) in [5.41, 5.74) is 1.62. The summed E-state index contributed by atoms with van der Waals surface area (Å²) < 4.78 is 7.10. The molecule has 142 valence electrons. The third-order valence-electron chi connectivity index (χ3n) is 4.41. The molecule has 0 spiro atoms. The highest BCUT2D eigenvalue weighted by Crippen LogP contribution is 2.32. The van der Waals surface area contributed by atoms with Crippen LogP contribution in [0.25, 0.3) is 6.08 Å². The fraction of sp³-hybridized carbons (Fsp3) is 0.150. The molecule has 0 amide bonds. The Morgan fingerprint density at radius 1 is 1.29 bits per heavy atom. The van der Waals surface area contributed by atoms with Crippen LogP contribution < -0.4 is 14.9 Å². The molecule has 2 aromatic heterocycles. The highest BCUT2D eigenvalue weighted by molar-refractivity contribution is 7.10. The third kappa shape index (κ3) is 3.26. The molecule has 4 rings (SSSR count). The first kappa shape index (κ1) is 18.9. The van der Waals surface area contributed by atoms with Crippen LogP contribution in [0.3, 0.4) is 0 Å². The lowest BCUT2D eigenvalue weighted by Gasteiger charge is -2.22. The van der Waals surface area contributed by atoms with Gasteiger partial charge in [0.15, 0.2) is 4.80 Å². The van der Waals surface area contributed by atoms with Crippen LogP contribution in [0.4, 0.5) is 0 Å². The SMILES string of the molecule is COC(=O)C1=C(C)N=c2s/c(=C\c3ccc(Cl)cc3)c(=O)n2[C@H]1c1cccs1. The summed E-state index contributed by atoms with van der Waals surface area (Å²) in [5, 5.41) is 2.55. The van der Waals surface area contributed by atoms with Gasteiger partial charge in [0.2, 0.25) is 0 Å². The summed E-state index contributed by atoms with van der Waals surface area (Å²) in [6.45, 7) is 1.77. The van der Waals surface area contributed by atoms with E-state index in [1.54, 1.807) is 23.6 Å². The zero-order chi connectivity index (χ0) is 19.8. The second-order valence-corrected chi connectivity index (χ2v) is 8.57. The number of nitrogens with zero attached hydrogens (tertiary/aromatic N) is 2. The minimum atomic E-state index is -0.545. The van der Waals surface area contributed by atoms with E-state index in [2.05, 4.69) is 4.99 Å². The average Bonchev–Trinajstić information content (AvgIpc) is 3.31. The van der Waals surface area contributed by atoms with E-state index in [0.717, 1.165) is 10.4 Å². The van der Waals surface area contributed by atoms with E-state index in [1.807, 2.05) is 35.7 Å². The lowest BCUT2D eigenvalue weighted by Crippen LogP contribution is -2.39. The maximum Gasteiger partial charge on any atom is 0.338 e. The largest absolute Gasteiger partial charge is 0.466 e. The molecule has 1 aliphatic heterocycles. The number of hydrogen-bond donors (Lipinski definition) is 0. The van der Waals surface area contributed by atoms with Gasteiger partial charge in [0, 0.05) is 9.90 Å². The fourth-order valence-electron chi connectivity index (χ4n) is 3.12. The molecule has 5 nitrogen and oxygen atoms in total. The lowest BCUT2D eigenvalue weighted by molar-refractivity contribution is -0.136. The van der Waals surface area contributed by atoms with Gasteiger partial charge >= 0.3 is 5.97 Å². The van der Waals surface area contributed by atoms with Crippen molar-refractivity contribution in [2.24, 2.45) is 4.99 Å². The van der Waals surface area contributed by atoms with E-state index in [1.165, 1.54) is 29.8 Å². The van der Waals surface area contributed by atoms with Gasteiger partial charge in [-0.1, -0.05) is 41.1 Å². The number of aromatic nitrogens is 1. The third-order valence-corrected chi connectivity index (χ3v) is 6.57. The number of carbonyl (C=O) groups is 1. The van der Waals surface area contributed by atoms with E-state index in [-0.39, 0.29) is 5.56 Å². The van der Waals surface area contributed by atoms with Crippen LogP contribution >= 0.6 is 34.3 Å². The summed E-state index contributed by atoms with van der Waals surface area (Å²) in [6.07, 6.45) is 1.81. The van der Waals surface area contributed by atoms with Gasteiger partial charge in [-0.3, -0.25) is 9.36 Å². The number of rotatable bonds is 3. The van der Waals surface area contributed by atoms with Crippen molar-refractivity contribution in [3.05, 3.63) is 88.2 Å². The van der Waals surface area contributed by atoms with Crippen LogP contribution in [0.5, 0.6) is 0 Å². The number of carbonyl (C=O) groups excluding carboxylic acids is 1. The molecule has 3 heterocycles. The van der Waals surface area contributed by atoms with Gasteiger partial charge in [-0.05, 0) is 42.1 Å². The van der Waals surface area contributed by atoms with E-state index >= 15 is 0 Å². The molecule has 0 unspecified atom stereocenters. The number of methoxy groups -OCH3 is 1. The van der Waals surface area contributed by atoms with Gasteiger partial charge in [0.05, 0.1) is 22.9 Å². The molecule has 0 saturated heterocycles. The molecule has 3 aromatic rings. The van der Waals surface area contributed by atoms with E-state index in [4.69, 9.17) is 16.3 Å². The average molecular weight is 431 g/mol. The highest BCUT2D eigenvalue weighted by Gasteiger charge is 2.33. The second kappa shape index (κ2) is 7.50. The minimum absolute atomic E-state index is 0.189. The van der Waals surface area contributed by atoms with Crippen LogP contribution in [-0.2, 0) is 9.53 Å². The maximum absolute atomic E-state index is 13.2. The Hall–Kier alpha value is -2.48. The molecule has 0 N–H and O–H groups in total. The number of allylic oxidation sites excluding steroid dienone is 1. The van der Waals surface area contributed by atoms with Crippen LogP contribution in [0.15, 0.2) is 62.8 Å². The Morgan fingerprint density at radius 3 is 2.68 bits per heavy atom. The topological polar surface area (TPSA) is 60.7 Å². The van der Waals surface area contributed by atoms with Crippen molar-refractivity contribution in [1.29, 1.82) is 0 Å². The number of ether oxygens (including phenoxy) is 1. The summed E-state index contributed by atoms with van der Waals surface area (Å²) in [7, 11) is 1.33. The number of benzene rings is 1. The van der Waals surface area contributed by atoms with E-state index in [0.29, 0.717) is 25.6 Å². The van der Waals surface area contributed by atoms with Crippen LogP contribution in [-0.4, -0.2) is 17.6 Å². The van der Waals surface area contributed by atoms with Crippen molar-refractivity contribution < 1.29 is 9.53 Å². The Kier molecular flexibility index (Phi) is 5.05. The Bertz CT molecular complexity index is 1250. The van der Waals surface area contributed by atoms with Gasteiger partial charge in [-0.15, -0.1) is 11.3 Å². The standard InChI is InChI=1S/C20H15ClN2O3S2/c1-11-16(19(25)26-2)17(14-4-3-9-27-14)23-18(24)15(28-20(23)22-11)10-12-5-7-13(21)8-6-12/h3-10,17H,1-2H3/b15-10-/t17-/m0/s1. The molecule has 0 radical (unpaired) electrons. The van der Waals surface area contributed by atoms with Crippen molar-refractivity contribution in [2.75, 3.05) is 7.11 Å². The second-order valence-electron chi connectivity index (χ2n) is 6.14. The maximum atomic E-state index is 13.2. The zero-order valence-electron chi connectivity index (χ0n) is 15.0. The summed E-state index contributed by atoms with van der Waals surface area (Å²) in [6, 6.07) is 10.5. The molecule has 0 aliphatic carbocycles. The molecule has 28 heavy (non-hydrogen) atoms. The molecular weight excluding hydrogens is 416 g/mol. The molecule has 0 bridgehead atoms. The van der Waals surface area contributed by atoms with E-state index in [9.17, 15) is 9.59 Å². The highest BCUT2D eigenvalue weighted by atomic mass is 35.5. The molecular formula is C20H15ClN2O3S2. The minimum Gasteiger partial charge on any atom is -0.466 e. The first-order chi connectivity index (χ1) is 13.5. The van der Waals surface area contributed by atoms with Crippen molar-refractivity contribution in [3.8, 4) is 0 Å². The molecule has 8 heteroatoms. The predicted octanol–water partition coefficient (Wildman–Crippen LogP) is 3.12. The van der Waals surface area contributed by atoms with Gasteiger partial charge in [-0.25, -0.2) is 9.79 Å². The van der Waals surface area contributed by atoms with Crippen molar-refractivity contribution >= 4 is 46.3 Å². The number of thiazole rings is 1. The van der Waals surface area contributed by atoms with Crippen LogP contribution in [0, 0.1) is 0 Å². The fourth-order valence-corrected chi connectivity index (χ4v) is 5.12. The van der Waals surface area contributed by atoms with Crippen molar-refractivity contribution in [1.82, 2.24) is 4.57 Å². The summed E-state index contributed by atoms with van der Waals surface area (Å²) >= 11 is 8.73. The molecule has 0 saturated carbocycles. The van der Waals surface area contributed by atoms with Crippen LogP contribution in [0.1, 0.15) is 23.4 Å². The smallest absolute Gasteiger partial charge is 0.338 e. The predicted molar refractivity (Wildman–Crippen MR) is 112 cm³/mol. The van der Waals surface area contributed by atoms with Gasteiger partial charge in [0.1, 0.15) is 6.04 Å². The monoisotopic (exact) mass is 430 g/mol. The Balaban J connectivity index is 1.96. The van der Waals surface area contributed by atoms with Crippen molar-refractivity contribution in [3.63, 3.8) is 0 Å². The van der Waals surface area contributed by atoms with Gasteiger partial charge in [0.25, 0.3) is 5.56 Å². The quantitative estimate of drug-likeness (QED) is 0.600. The number of thiophene rings is 1. The first-order valence-electron chi connectivity index (χ1n) is 8.39. The van der Waals surface area contributed by atoms with Gasteiger partial charge in [-0.2, -0.15) is 0 Å². The number of hydrogen-bond acceptors (Lipinski definition) is 6. The zero-order valence-corrected chi connectivity index (χ0v) is 17.4. The molecule has 1 atom stereocenters. The van der Waals surface area contributed by atoms with E-state index < -0.39 is 12.0 Å². The normalized spacial score (nSPS) is 16.7.